The van der Waals surface area contributed by atoms with E-state index < -0.39 is 6.10 Å². The minimum atomic E-state index is -0.703. The molecule has 17 heavy (non-hydrogen) atoms. The van der Waals surface area contributed by atoms with Crippen molar-refractivity contribution < 1.29 is 5.11 Å². The van der Waals surface area contributed by atoms with Gasteiger partial charge in [0.25, 0.3) is 0 Å². The molecule has 1 atom stereocenters. The second-order valence-corrected chi connectivity index (χ2v) is 4.24. The summed E-state index contributed by atoms with van der Waals surface area (Å²) in [5, 5.41) is 14.7. The number of nitrogens with zero attached hydrogens (tertiary/aromatic N) is 3. The van der Waals surface area contributed by atoms with Gasteiger partial charge >= 0.3 is 0 Å². The van der Waals surface area contributed by atoms with Crippen molar-refractivity contribution in [3.63, 3.8) is 0 Å². The van der Waals surface area contributed by atoms with Gasteiger partial charge in [-0.25, -0.2) is 4.98 Å². The molecule has 2 aromatic heterocycles. The van der Waals surface area contributed by atoms with Crippen molar-refractivity contribution in [1.82, 2.24) is 14.8 Å². The van der Waals surface area contributed by atoms with E-state index in [1.54, 1.807) is 24.5 Å². The van der Waals surface area contributed by atoms with Crippen LogP contribution >= 0.6 is 11.6 Å². The molecule has 2 heterocycles. The molecule has 2 rings (SSSR count). The molecule has 0 bridgehead atoms. The molecule has 0 spiro atoms. The average Bonchev–Trinajstić information content (AvgIpc) is 2.78. The van der Waals surface area contributed by atoms with Crippen LogP contribution in [0.4, 0.5) is 0 Å². The molecule has 0 aliphatic heterocycles. The van der Waals surface area contributed by atoms with E-state index in [1.165, 1.54) is 0 Å². The van der Waals surface area contributed by atoms with E-state index in [2.05, 4.69) is 17.0 Å². The van der Waals surface area contributed by atoms with Crippen molar-refractivity contribution >= 4 is 11.6 Å². The molecule has 5 heteroatoms. The minimum absolute atomic E-state index is 0.419. The van der Waals surface area contributed by atoms with Gasteiger partial charge in [0.05, 0.1) is 6.20 Å². The molecular weight excluding hydrogens is 238 g/mol. The first-order valence-electron chi connectivity index (χ1n) is 5.52. The fourth-order valence-corrected chi connectivity index (χ4v) is 1.73. The molecule has 1 N–H and O–H groups in total. The van der Waals surface area contributed by atoms with Crippen molar-refractivity contribution in [2.75, 3.05) is 0 Å². The van der Waals surface area contributed by atoms with E-state index in [1.807, 2.05) is 10.9 Å². The summed E-state index contributed by atoms with van der Waals surface area (Å²) in [5.74, 6) is 0. The van der Waals surface area contributed by atoms with Crippen LogP contribution < -0.4 is 0 Å². The maximum atomic E-state index is 10.1. The maximum absolute atomic E-state index is 10.1. The lowest BCUT2D eigenvalue weighted by Gasteiger charge is -2.07. The summed E-state index contributed by atoms with van der Waals surface area (Å²) in [6.45, 7) is 2.94. The van der Waals surface area contributed by atoms with Gasteiger partial charge in [-0.05, 0) is 12.5 Å². The van der Waals surface area contributed by atoms with Crippen LogP contribution in [0.1, 0.15) is 30.6 Å². The van der Waals surface area contributed by atoms with Gasteiger partial charge in [-0.1, -0.05) is 24.6 Å². The van der Waals surface area contributed by atoms with Crippen molar-refractivity contribution in [3.05, 3.63) is 47.0 Å². The summed E-state index contributed by atoms with van der Waals surface area (Å²) in [4.78, 5) is 3.95. The molecule has 1 unspecified atom stereocenters. The molecule has 0 saturated carbocycles. The monoisotopic (exact) mass is 251 g/mol. The fraction of sp³-hybridized carbons (Fsp3) is 0.333. The van der Waals surface area contributed by atoms with Crippen LogP contribution in [-0.2, 0) is 6.54 Å². The average molecular weight is 252 g/mol. The number of hydrogen-bond acceptors (Lipinski definition) is 3. The number of aromatic nitrogens is 3. The van der Waals surface area contributed by atoms with Gasteiger partial charge in [0.1, 0.15) is 11.3 Å². The van der Waals surface area contributed by atoms with E-state index >= 15 is 0 Å². The van der Waals surface area contributed by atoms with Crippen LogP contribution in [-0.4, -0.2) is 19.9 Å². The number of hydrogen-bond donors (Lipinski definition) is 1. The Morgan fingerprint density at radius 1 is 1.35 bits per heavy atom. The predicted octanol–water partition coefficient (Wildman–Crippen LogP) is 2.42. The Bertz CT molecular complexity index is 481. The summed E-state index contributed by atoms with van der Waals surface area (Å²) >= 11 is 5.70. The largest absolute Gasteiger partial charge is 0.383 e. The smallest absolute Gasteiger partial charge is 0.129 e. The van der Waals surface area contributed by atoms with Crippen molar-refractivity contribution in [1.29, 1.82) is 0 Å². The summed E-state index contributed by atoms with van der Waals surface area (Å²) in [5.41, 5.74) is 1.48. The van der Waals surface area contributed by atoms with Crippen LogP contribution in [0.3, 0.4) is 0 Å². The van der Waals surface area contributed by atoms with Crippen LogP contribution in [0.5, 0.6) is 0 Å². The van der Waals surface area contributed by atoms with Gasteiger partial charge in [-0.15, -0.1) is 0 Å². The third-order valence-electron chi connectivity index (χ3n) is 2.49. The van der Waals surface area contributed by atoms with E-state index in [9.17, 15) is 5.11 Å². The number of rotatable bonds is 4. The highest BCUT2D eigenvalue weighted by atomic mass is 35.5. The van der Waals surface area contributed by atoms with Gasteiger partial charge in [0.2, 0.25) is 0 Å². The SMILES string of the molecule is CCCn1cc(C(O)c2ccc(Cl)nc2)cn1. The Morgan fingerprint density at radius 3 is 2.82 bits per heavy atom. The van der Waals surface area contributed by atoms with Gasteiger partial charge in [-0.2, -0.15) is 5.10 Å². The molecule has 0 aliphatic rings. The van der Waals surface area contributed by atoms with Crippen LogP contribution in [0.25, 0.3) is 0 Å². The molecule has 2 aromatic rings. The first-order valence-corrected chi connectivity index (χ1v) is 5.90. The third kappa shape index (κ3) is 2.84. The van der Waals surface area contributed by atoms with Crippen molar-refractivity contribution in [2.45, 2.75) is 26.0 Å². The highest BCUT2D eigenvalue weighted by Crippen LogP contribution is 2.21. The lowest BCUT2D eigenvalue weighted by Crippen LogP contribution is -2.00. The minimum Gasteiger partial charge on any atom is -0.383 e. The van der Waals surface area contributed by atoms with Crippen LogP contribution in [0.15, 0.2) is 30.7 Å². The van der Waals surface area contributed by atoms with Gasteiger partial charge in [-0.3, -0.25) is 4.68 Å². The quantitative estimate of drug-likeness (QED) is 0.849. The topological polar surface area (TPSA) is 50.9 Å². The highest BCUT2D eigenvalue weighted by Gasteiger charge is 2.12. The molecule has 4 nitrogen and oxygen atoms in total. The summed E-state index contributed by atoms with van der Waals surface area (Å²) < 4.78 is 1.82. The number of halogens is 1. The van der Waals surface area contributed by atoms with E-state index in [0.29, 0.717) is 10.7 Å². The molecule has 0 radical (unpaired) electrons. The third-order valence-corrected chi connectivity index (χ3v) is 2.71. The summed E-state index contributed by atoms with van der Waals surface area (Å²) in [7, 11) is 0. The Hall–Kier alpha value is -1.39. The van der Waals surface area contributed by atoms with Crippen LogP contribution in [0, 0.1) is 0 Å². The van der Waals surface area contributed by atoms with E-state index in [-0.39, 0.29) is 0 Å². The lowest BCUT2D eigenvalue weighted by atomic mass is 10.1. The zero-order chi connectivity index (χ0) is 12.3. The number of pyridine rings is 1. The van der Waals surface area contributed by atoms with E-state index in [0.717, 1.165) is 18.5 Å². The zero-order valence-electron chi connectivity index (χ0n) is 9.55. The fourth-order valence-electron chi connectivity index (χ4n) is 1.61. The maximum Gasteiger partial charge on any atom is 0.129 e. The molecule has 0 amide bonds. The number of aliphatic hydroxyl groups excluding tert-OH is 1. The zero-order valence-corrected chi connectivity index (χ0v) is 10.3. The van der Waals surface area contributed by atoms with Gasteiger partial charge in [0, 0.05) is 30.1 Å². The second-order valence-electron chi connectivity index (χ2n) is 3.85. The van der Waals surface area contributed by atoms with Gasteiger partial charge in [0.15, 0.2) is 0 Å². The van der Waals surface area contributed by atoms with Gasteiger partial charge < -0.3 is 5.11 Å². The molecule has 0 saturated heterocycles. The molecule has 0 aliphatic carbocycles. The first kappa shape index (κ1) is 12.1. The standard InChI is InChI=1S/C12H14ClN3O/c1-2-5-16-8-10(7-15-16)12(17)9-3-4-11(13)14-6-9/h3-4,6-8,12,17H,2,5H2,1H3. The lowest BCUT2D eigenvalue weighted by molar-refractivity contribution is 0.219. The number of aryl methyl sites for hydroxylation is 1. The number of aliphatic hydroxyl groups is 1. The van der Waals surface area contributed by atoms with E-state index in [4.69, 9.17) is 11.6 Å². The molecular formula is C12H14ClN3O. The highest BCUT2D eigenvalue weighted by molar-refractivity contribution is 6.29. The predicted molar refractivity (Wildman–Crippen MR) is 65.8 cm³/mol. The Labute approximate surface area is 105 Å². The molecule has 0 fully saturated rings. The first-order chi connectivity index (χ1) is 8.20. The van der Waals surface area contributed by atoms with Crippen molar-refractivity contribution in [2.24, 2.45) is 0 Å². The molecule has 0 aromatic carbocycles. The Kier molecular flexibility index (Phi) is 3.76. The molecule has 90 valence electrons. The van der Waals surface area contributed by atoms with Crippen LogP contribution in [0.2, 0.25) is 5.15 Å². The summed E-state index contributed by atoms with van der Waals surface area (Å²) in [6, 6.07) is 3.42. The Balaban J connectivity index is 2.18. The van der Waals surface area contributed by atoms with Crippen molar-refractivity contribution in [3.8, 4) is 0 Å². The Morgan fingerprint density at radius 2 is 2.18 bits per heavy atom. The second kappa shape index (κ2) is 5.29. The normalized spacial score (nSPS) is 12.6. The summed E-state index contributed by atoms with van der Waals surface area (Å²) in [6.07, 6.45) is 5.41.